The molecule has 0 unspecified atom stereocenters. The number of nitrogens with zero attached hydrogens (tertiary/aromatic N) is 1. The van der Waals surface area contributed by atoms with Gasteiger partial charge in [0.05, 0.1) is 0 Å². The first kappa shape index (κ1) is 16.5. The fourth-order valence-corrected chi connectivity index (χ4v) is 4.73. The highest BCUT2D eigenvalue weighted by molar-refractivity contribution is 7.89. The lowest BCUT2D eigenvalue weighted by molar-refractivity contribution is 0.232. The van der Waals surface area contributed by atoms with Gasteiger partial charge in [-0.15, -0.1) is 0 Å². The molecule has 1 heterocycles. The highest BCUT2D eigenvalue weighted by Crippen LogP contribution is 2.32. The van der Waals surface area contributed by atoms with Crippen molar-refractivity contribution in [3.63, 3.8) is 0 Å². The maximum absolute atomic E-state index is 12.7. The molecule has 0 amide bonds. The summed E-state index contributed by atoms with van der Waals surface area (Å²) in [6.45, 7) is 3.52. The first-order valence-electron chi connectivity index (χ1n) is 7.58. The van der Waals surface area contributed by atoms with E-state index in [0.717, 1.165) is 31.6 Å². The molecule has 0 aromatic carbocycles. The van der Waals surface area contributed by atoms with Crippen LogP contribution in [0.2, 0.25) is 0 Å². The van der Waals surface area contributed by atoms with E-state index in [0.29, 0.717) is 5.76 Å². The summed E-state index contributed by atoms with van der Waals surface area (Å²) in [6, 6.07) is 1.49. The van der Waals surface area contributed by atoms with E-state index in [1.54, 1.807) is 14.0 Å². The fraction of sp³-hybridized carbons (Fsp3) is 0.733. The highest BCUT2D eigenvalue weighted by Gasteiger charge is 2.33. The SMILES string of the molecule is CCC1CCC(N(C)S(=O)(=O)c2cc(CO)oc2C)CC1. The quantitative estimate of drug-likeness (QED) is 0.907. The topological polar surface area (TPSA) is 70.8 Å². The molecule has 1 aromatic heterocycles. The fourth-order valence-electron chi connectivity index (χ4n) is 3.13. The Hall–Kier alpha value is -0.850. The van der Waals surface area contributed by atoms with Gasteiger partial charge >= 0.3 is 0 Å². The van der Waals surface area contributed by atoms with Crippen LogP contribution in [0.15, 0.2) is 15.4 Å². The first-order chi connectivity index (χ1) is 9.90. The minimum Gasteiger partial charge on any atom is -0.462 e. The summed E-state index contributed by atoms with van der Waals surface area (Å²) in [5, 5.41) is 9.08. The van der Waals surface area contributed by atoms with E-state index >= 15 is 0 Å². The molecule has 6 heteroatoms. The molecule has 1 saturated carbocycles. The zero-order valence-electron chi connectivity index (χ0n) is 13.0. The average molecular weight is 315 g/mol. The molecule has 0 bridgehead atoms. The molecular weight excluding hydrogens is 290 g/mol. The lowest BCUT2D eigenvalue weighted by atomic mass is 9.85. The molecule has 0 aliphatic heterocycles. The van der Waals surface area contributed by atoms with Crippen molar-refractivity contribution in [1.82, 2.24) is 4.31 Å². The average Bonchev–Trinajstić information content (AvgIpc) is 2.88. The summed E-state index contributed by atoms with van der Waals surface area (Å²) < 4.78 is 32.2. The second kappa shape index (κ2) is 6.50. The van der Waals surface area contributed by atoms with Gasteiger partial charge in [0.1, 0.15) is 23.0 Å². The second-order valence-electron chi connectivity index (χ2n) is 5.90. The monoisotopic (exact) mass is 315 g/mol. The molecule has 1 aliphatic carbocycles. The lowest BCUT2D eigenvalue weighted by Crippen LogP contribution is -2.39. The highest BCUT2D eigenvalue weighted by atomic mass is 32.2. The van der Waals surface area contributed by atoms with Crippen molar-refractivity contribution in [3.05, 3.63) is 17.6 Å². The zero-order chi connectivity index (χ0) is 15.6. The van der Waals surface area contributed by atoms with Crippen molar-refractivity contribution in [2.45, 2.75) is 63.5 Å². The number of rotatable bonds is 5. The Morgan fingerprint density at radius 2 is 1.95 bits per heavy atom. The van der Waals surface area contributed by atoms with E-state index in [4.69, 9.17) is 9.52 Å². The third-order valence-corrected chi connectivity index (χ3v) is 6.66. The molecule has 5 nitrogen and oxygen atoms in total. The van der Waals surface area contributed by atoms with E-state index in [1.807, 2.05) is 0 Å². The molecule has 21 heavy (non-hydrogen) atoms. The molecule has 2 rings (SSSR count). The summed E-state index contributed by atoms with van der Waals surface area (Å²) in [5.41, 5.74) is 0. The van der Waals surface area contributed by atoms with Crippen LogP contribution in [-0.4, -0.2) is 30.9 Å². The maximum atomic E-state index is 12.7. The van der Waals surface area contributed by atoms with Crippen molar-refractivity contribution >= 4 is 10.0 Å². The van der Waals surface area contributed by atoms with Crippen molar-refractivity contribution < 1.29 is 17.9 Å². The Kier molecular flexibility index (Phi) is 5.11. The third kappa shape index (κ3) is 3.33. The Bertz CT molecular complexity index is 570. The number of hydrogen-bond donors (Lipinski definition) is 1. The predicted octanol–water partition coefficient (Wildman–Crippen LogP) is 2.67. The van der Waals surface area contributed by atoms with Gasteiger partial charge in [0.15, 0.2) is 0 Å². The van der Waals surface area contributed by atoms with Gasteiger partial charge in [-0.05, 0) is 38.5 Å². The molecule has 0 atom stereocenters. The van der Waals surface area contributed by atoms with Crippen LogP contribution < -0.4 is 0 Å². The van der Waals surface area contributed by atoms with E-state index < -0.39 is 10.0 Å². The number of hydrogen-bond acceptors (Lipinski definition) is 4. The minimum atomic E-state index is -3.55. The summed E-state index contributed by atoms with van der Waals surface area (Å²) in [4.78, 5) is 0.173. The van der Waals surface area contributed by atoms with Crippen LogP contribution in [-0.2, 0) is 16.6 Å². The largest absolute Gasteiger partial charge is 0.462 e. The van der Waals surface area contributed by atoms with E-state index in [2.05, 4.69) is 6.92 Å². The number of aliphatic hydroxyl groups is 1. The molecule has 1 N–H and O–H groups in total. The zero-order valence-corrected chi connectivity index (χ0v) is 13.8. The van der Waals surface area contributed by atoms with Crippen molar-refractivity contribution in [2.75, 3.05) is 7.05 Å². The minimum absolute atomic E-state index is 0.0599. The van der Waals surface area contributed by atoms with E-state index in [-0.39, 0.29) is 23.3 Å². The Balaban J connectivity index is 2.17. The van der Waals surface area contributed by atoms with E-state index in [9.17, 15) is 8.42 Å². The van der Waals surface area contributed by atoms with Crippen molar-refractivity contribution in [3.8, 4) is 0 Å². The normalized spacial score (nSPS) is 23.7. The summed E-state index contributed by atoms with van der Waals surface area (Å²) in [5.74, 6) is 1.36. The summed E-state index contributed by atoms with van der Waals surface area (Å²) in [6.07, 6.45) is 5.18. The van der Waals surface area contributed by atoms with Gasteiger partial charge in [0.25, 0.3) is 0 Å². The van der Waals surface area contributed by atoms with Gasteiger partial charge in [-0.1, -0.05) is 13.3 Å². The van der Waals surface area contributed by atoms with Crippen LogP contribution in [0.25, 0.3) is 0 Å². The number of aliphatic hydroxyl groups excluding tert-OH is 1. The maximum Gasteiger partial charge on any atom is 0.246 e. The van der Waals surface area contributed by atoms with Crippen LogP contribution in [0.5, 0.6) is 0 Å². The van der Waals surface area contributed by atoms with Gasteiger partial charge in [-0.25, -0.2) is 8.42 Å². The van der Waals surface area contributed by atoms with Crippen molar-refractivity contribution in [2.24, 2.45) is 5.92 Å². The van der Waals surface area contributed by atoms with Crippen LogP contribution in [0, 0.1) is 12.8 Å². The molecule has 120 valence electrons. The van der Waals surface area contributed by atoms with Gasteiger partial charge < -0.3 is 9.52 Å². The molecular formula is C15H25NO4S. The van der Waals surface area contributed by atoms with Gasteiger partial charge in [-0.3, -0.25) is 0 Å². The molecule has 0 spiro atoms. The first-order valence-corrected chi connectivity index (χ1v) is 9.02. The Morgan fingerprint density at radius 3 is 2.43 bits per heavy atom. The smallest absolute Gasteiger partial charge is 0.246 e. The van der Waals surface area contributed by atoms with Crippen LogP contribution >= 0.6 is 0 Å². The molecule has 0 saturated heterocycles. The Labute approximate surface area is 127 Å². The second-order valence-corrected chi connectivity index (χ2v) is 7.86. The summed E-state index contributed by atoms with van der Waals surface area (Å²) in [7, 11) is -1.90. The molecule has 1 aliphatic rings. The van der Waals surface area contributed by atoms with Crippen LogP contribution in [0.1, 0.15) is 50.5 Å². The molecule has 1 aromatic rings. The van der Waals surface area contributed by atoms with Gasteiger partial charge in [0.2, 0.25) is 10.0 Å². The van der Waals surface area contributed by atoms with E-state index in [1.165, 1.54) is 16.8 Å². The summed E-state index contributed by atoms with van der Waals surface area (Å²) >= 11 is 0. The third-order valence-electron chi connectivity index (χ3n) is 4.64. The standard InChI is InChI=1S/C15H25NO4S/c1-4-12-5-7-13(8-6-12)16(3)21(18,19)15-9-14(10-17)20-11(15)2/h9,12-13,17H,4-8,10H2,1-3H3. The Morgan fingerprint density at radius 1 is 1.33 bits per heavy atom. The molecule has 1 fully saturated rings. The number of sulfonamides is 1. The van der Waals surface area contributed by atoms with Crippen LogP contribution in [0.3, 0.4) is 0 Å². The number of aryl methyl sites for hydroxylation is 1. The van der Waals surface area contributed by atoms with Gasteiger partial charge in [0, 0.05) is 19.2 Å². The van der Waals surface area contributed by atoms with Crippen molar-refractivity contribution in [1.29, 1.82) is 0 Å². The lowest BCUT2D eigenvalue weighted by Gasteiger charge is -2.33. The predicted molar refractivity (Wildman–Crippen MR) is 80.4 cm³/mol. The molecule has 0 radical (unpaired) electrons. The van der Waals surface area contributed by atoms with Crippen LogP contribution in [0.4, 0.5) is 0 Å². The number of furan rings is 1. The van der Waals surface area contributed by atoms with Gasteiger partial charge in [-0.2, -0.15) is 4.31 Å².